The molecule has 3 aromatic heterocycles. The summed E-state index contributed by atoms with van der Waals surface area (Å²) in [5, 5.41) is 3.95. The topological polar surface area (TPSA) is 99.2 Å². The van der Waals surface area contributed by atoms with Crippen LogP contribution in [-0.4, -0.2) is 43.8 Å². The van der Waals surface area contributed by atoms with Gasteiger partial charge in [-0.3, -0.25) is 9.36 Å². The van der Waals surface area contributed by atoms with Crippen LogP contribution >= 0.6 is 0 Å². The largest absolute Gasteiger partial charge is 0.481 e. The van der Waals surface area contributed by atoms with E-state index in [4.69, 9.17) is 9.72 Å². The van der Waals surface area contributed by atoms with E-state index in [9.17, 15) is 13.6 Å². The highest BCUT2D eigenvalue weighted by molar-refractivity contribution is 6.20. The average molecular weight is 532 g/mol. The van der Waals surface area contributed by atoms with Gasteiger partial charge >= 0.3 is 5.92 Å². The number of pyridine rings is 1. The zero-order valence-corrected chi connectivity index (χ0v) is 21.8. The van der Waals surface area contributed by atoms with Crippen molar-refractivity contribution < 1.29 is 13.5 Å². The van der Waals surface area contributed by atoms with Crippen LogP contribution in [0.5, 0.6) is 0 Å². The molecule has 9 nitrogen and oxygen atoms in total. The number of allylic oxidation sites excluding steroid dienone is 2. The summed E-state index contributed by atoms with van der Waals surface area (Å²) >= 11 is 0. The maximum atomic E-state index is 14.0. The Bertz CT molecular complexity index is 1680. The molecule has 0 saturated heterocycles. The number of halogens is 2. The molecule has 0 fully saturated rings. The van der Waals surface area contributed by atoms with Gasteiger partial charge in [-0.25, -0.2) is 19.9 Å². The summed E-state index contributed by atoms with van der Waals surface area (Å²) in [4.78, 5) is 30.7. The number of nitrogens with one attached hydrogen (secondary N) is 1. The first kappa shape index (κ1) is 26.0. The van der Waals surface area contributed by atoms with Gasteiger partial charge in [0, 0.05) is 42.2 Å². The number of aryl methyl sites for hydroxylation is 1. The van der Waals surface area contributed by atoms with Gasteiger partial charge in [-0.15, -0.1) is 0 Å². The van der Waals surface area contributed by atoms with Crippen molar-refractivity contribution in [1.29, 1.82) is 0 Å². The third-order valence-electron chi connectivity index (χ3n) is 6.55. The average Bonchev–Trinajstić information content (AvgIpc) is 3.36. The predicted octanol–water partition coefficient (Wildman–Crippen LogP) is 4.24. The van der Waals surface area contributed by atoms with E-state index < -0.39 is 5.92 Å². The number of imidazole rings is 1. The summed E-state index contributed by atoms with van der Waals surface area (Å²) in [6.45, 7) is 5.86. The van der Waals surface area contributed by atoms with Crippen LogP contribution in [0.25, 0.3) is 28.0 Å². The minimum atomic E-state index is -3.22. The van der Waals surface area contributed by atoms with Gasteiger partial charge in [-0.05, 0) is 24.1 Å². The fourth-order valence-electron chi connectivity index (χ4n) is 4.49. The SMILES string of the molecule is C=CC(F)(F)c1cn(C)c(-c2ccc(Cn3c(=O)ccc4cnc(C5=C(CC)NCN=C5OC)nc43)cc2)n1. The zero-order valence-electron chi connectivity index (χ0n) is 21.8. The highest BCUT2D eigenvalue weighted by Crippen LogP contribution is 2.30. The van der Waals surface area contributed by atoms with Crippen LogP contribution in [0.15, 0.2) is 76.9 Å². The Morgan fingerprint density at radius 1 is 1.18 bits per heavy atom. The molecule has 1 aliphatic rings. The van der Waals surface area contributed by atoms with E-state index in [2.05, 4.69) is 26.9 Å². The number of alkyl halides is 2. The number of ether oxygens (including phenoxy) is 1. The normalized spacial score (nSPS) is 13.8. The molecule has 200 valence electrons. The molecule has 0 saturated carbocycles. The summed E-state index contributed by atoms with van der Waals surface area (Å²) in [5.41, 5.74) is 2.95. The third-order valence-corrected chi connectivity index (χ3v) is 6.55. The Morgan fingerprint density at radius 3 is 2.64 bits per heavy atom. The number of rotatable bonds is 7. The lowest BCUT2D eigenvalue weighted by atomic mass is 10.1. The molecule has 0 unspecified atom stereocenters. The summed E-state index contributed by atoms with van der Waals surface area (Å²) < 4.78 is 36.7. The minimum absolute atomic E-state index is 0.219. The van der Waals surface area contributed by atoms with Crippen LogP contribution in [0, 0.1) is 0 Å². The molecule has 39 heavy (non-hydrogen) atoms. The van der Waals surface area contributed by atoms with E-state index in [-0.39, 0.29) is 17.8 Å². The minimum Gasteiger partial charge on any atom is -0.481 e. The molecule has 0 amide bonds. The molecule has 0 radical (unpaired) electrons. The molecule has 1 aliphatic heterocycles. The molecule has 1 N–H and O–H groups in total. The number of aromatic nitrogens is 5. The highest BCUT2D eigenvalue weighted by Gasteiger charge is 2.31. The molecule has 11 heteroatoms. The maximum Gasteiger partial charge on any atom is 0.309 e. The molecule has 0 spiro atoms. The summed E-state index contributed by atoms with van der Waals surface area (Å²) in [6.07, 6.45) is 4.25. The second-order valence-corrected chi connectivity index (χ2v) is 9.02. The fraction of sp³-hybridized carbons (Fsp3) is 0.250. The number of aliphatic imine (C=N–C) groups is 1. The van der Waals surface area contributed by atoms with E-state index in [0.29, 0.717) is 58.9 Å². The van der Waals surface area contributed by atoms with E-state index in [1.54, 1.807) is 47.7 Å². The van der Waals surface area contributed by atoms with Crippen LogP contribution in [0.3, 0.4) is 0 Å². The Morgan fingerprint density at radius 2 is 1.95 bits per heavy atom. The lowest BCUT2D eigenvalue weighted by Gasteiger charge is -2.20. The number of nitrogens with zero attached hydrogens (tertiary/aromatic N) is 6. The molecule has 0 aliphatic carbocycles. The lowest BCUT2D eigenvalue weighted by molar-refractivity contribution is 0.0480. The molecular weight excluding hydrogens is 504 g/mol. The van der Waals surface area contributed by atoms with E-state index in [0.717, 1.165) is 11.3 Å². The van der Waals surface area contributed by atoms with Crippen LogP contribution in [-0.2, 0) is 24.3 Å². The van der Waals surface area contributed by atoms with Gasteiger partial charge in [0.2, 0.25) is 5.90 Å². The van der Waals surface area contributed by atoms with Gasteiger partial charge in [0.05, 0.1) is 19.2 Å². The number of benzene rings is 1. The Balaban J connectivity index is 1.51. The first-order chi connectivity index (χ1) is 18.7. The zero-order chi connectivity index (χ0) is 27.7. The van der Waals surface area contributed by atoms with Crippen molar-refractivity contribution in [1.82, 2.24) is 29.4 Å². The Kier molecular flexibility index (Phi) is 6.81. The molecule has 0 bridgehead atoms. The highest BCUT2D eigenvalue weighted by atomic mass is 19.3. The Labute approximate surface area is 223 Å². The van der Waals surface area contributed by atoms with Crippen molar-refractivity contribution >= 4 is 22.5 Å². The van der Waals surface area contributed by atoms with Crippen molar-refractivity contribution in [3.8, 4) is 11.4 Å². The first-order valence-electron chi connectivity index (χ1n) is 12.3. The molecule has 5 rings (SSSR count). The van der Waals surface area contributed by atoms with Crippen LogP contribution in [0.2, 0.25) is 0 Å². The van der Waals surface area contributed by atoms with E-state index in [1.807, 2.05) is 19.1 Å². The van der Waals surface area contributed by atoms with Crippen LogP contribution in [0.4, 0.5) is 8.78 Å². The van der Waals surface area contributed by atoms with Gasteiger partial charge < -0.3 is 14.6 Å². The van der Waals surface area contributed by atoms with Crippen molar-refractivity contribution in [3.05, 3.63) is 94.6 Å². The number of hydrogen-bond donors (Lipinski definition) is 1. The predicted molar refractivity (Wildman–Crippen MR) is 145 cm³/mol. The maximum absolute atomic E-state index is 14.0. The van der Waals surface area contributed by atoms with E-state index >= 15 is 0 Å². The number of hydrogen-bond acceptors (Lipinski definition) is 7. The van der Waals surface area contributed by atoms with Gasteiger partial charge in [0.1, 0.15) is 23.8 Å². The standard InChI is InChI=1S/C28H27F2N7O2/c1-5-20-23(27(39-4)33-16-32-20)24-31-13-19-11-12-22(38)37(26(19)35-24)14-17-7-9-18(10-8-17)25-34-21(15-36(25)3)28(29,30)6-2/h6-13,15,32H,2,5,14,16H2,1,3-4H3. The monoisotopic (exact) mass is 531 g/mol. The number of methoxy groups -OCH3 is 1. The quantitative estimate of drug-likeness (QED) is 0.358. The number of fused-ring (bicyclic) bond motifs is 1. The Hall–Kier alpha value is -4.67. The van der Waals surface area contributed by atoms with Crippen molar-refractivity contribution in [3.63, 3.8) is 0 Å². The summed E-state index contributed by atoms with van der Waals surface area (Å²) in [5.74, 6) is -1.98. The molecule has 4 heterocycles. The van der Waals surface area contributed by atoms with Crippen molar-refractivity contribution in [2.75, 3.05) is 13.8 Å². The fourth-order valence-corrected chi connectivity index (χ4v) is 4.49. The van der Waals surface area contributed by atoms with Crippen LogP contribution in [0.1, 0.15) is 30.4 Å². The van der Waals surface area contributed by atoms with E-state index in [1.165, 1.54) is 12.3 Å². The smallest absolute Gasteiger partial charge is 0.309 e. The third kappa shape index (κ3) is 4.83. The van der Waals surface area contributed by atoms with Gasteiger partial charge in [0.25, 0.3) is 5.56 Å². The lowest BCUT2D eigenvalue weighted by Crippen LogP contribution is -2.26. The van der Waals surface area contributed by atoms with Gasteiger partial charge in [-0.1, -0.05) is 37.8 Å². The van der Waals surface area contributed by atoms with Crippen molar-refractivity contribution in [2.24, 2.45) is 12.0 Å². The van der Waals surface area contributed by atoms with Crippen molar-refractivity contribution in [2.45, 2.75) is 25.8 Å². The summed E-state index contributed by atoms with van der Waals surface area (Å²) in [7, 11) is 3.21. The van der Waals surface area contributed by atoms with Crippen LogP contribution < -0.4 is 10.9 Å². The molecule has 0 atom stereocenters. The second kappa shape index (κ2) is 10.2. The molecule has 4 aromatic rings. The van der Waals surface area contributed by atoms with Gasteiger partial charge in [-0.2, -0.15) is 8.78 Å². The first-order valence-corrected chi connectivity index (χ1v) is 12.3. The van der Waals surface area contributed by atoms with Gasteiger partial charge in [0.15, 0.2) is 5.82 Å². The molecule has 1 aromatic carbocycles. The second-order valence-electron chi connectivity index (χ2n) is 9.02. The summed E-state index contributed by atoms with van der Waals surface area (Å²) in [6, 6.07) is 10.4. The molecular formula is C28H27F2N7O2.